The van der Waals surface area contributed by atoms with Gasteiger partial charge in [-0.05, 0) is 42.9 Å². The number of benzene rings is 1. The van der Waals surface area contributed by atoms with E-state index in [0.717, 1.165) is 18.6 Å². The van der Waals surface area contributed by atoms with Crippen LogP contribution in [0.3, 0.4) is 0 Å². The third kappa shape index (κ3) is 6.80. The quantitative estimate of drug-likeness (QED) is 0.671. The Morgan fingerprint density at radius 1 is 0.913 bits per heavy atom. The van der Waals surface area contributed by atoms with E-state index in [1.165, 1.54) is 6.07 Å². The first-order chi connectivity index (χ1) is 10.8. The van der Waals surface area contributed by atoms with Gasteiger partial charge in [-0.15, -0.1) is 0 Å². The molecule has 0 atom stereocenters. The van der Waals surface area contributed by atoms with Crippen molar-refractivity contribution in [1.82, 2.24) is 0 Å². The van der Waals surface area contributed by atoms with Crippen molar-refractivity contribution in [3.63, 3.8) is 0 Å². The molecule has 0 aliphatic rings. The van der Waals surface area contributed by atoms with Crippen LogP contribution in [0.2, 0.25) is 0 Å². The number of esters is 2. The second-order valence-corrected chi connectivity index (χ2v) is 6.33. The maximum Gasteiger partial charge on any atom is 0.339 e. The second-order valence-electron chi connectivity index (χ2n) is 6.33. The Labute approximate surface area is 137 Å². The third-order valence-corrected chi connectivity index (χ3v) is 3.28. The Morgan fingerprint density at radius 2 is 1.39 bits per heavy atom. The smallest absolute Gasteiger partial charge is 0.339 e. The lowest BCUT2D eigenvalue weighted by molar-refractivity contribution is 0.0440. The van der Waals surface area contributed by atoms with Crippen LogP contribution in [0.1, 0.15) is 61.3 Å². The molecule has 0 aromatic heterocycles. The van der Waals surface area contributed by atoms with E-state index in [4.69, 9.17) is 9.47 Å². The van der Waals surface area contributed by atoms with Gasteiger partial charge in [-0.1, -0.05) is 27.7 Å². The Hall–Kier alpha value is -1.91. The SMILES string of the molecule is CC(C)CCOC(=O)c1ccc(F)cc1C(=O)OCCC(C)C. The van der Waals surface area contributed by atoms with Crippen molar-refractivity contribution in [2.75, 3.05) is 13.2 Å². The first-order valence-electron chi connectivity index (χ1n) is 7.95. The van der Waals surface area contributed by atoms with E-state index in [2.05, 4.69) is 0 Å². The number of carbonyl (C=O) groups is 2. The van der Waals surface area contributed by atoms with Gasteiger partial charge in [0.1, 0.15) is 5.82 Å². The fourth-order valence-electron chi connectivity index (χ4n) is 1.79. The van der Waals surface area contributed by atoms with E-state index in [1.807, 2.05) is 27.7 Å². The molecule has 1 aromatic rings. The van der Waals surface area contributed by atoms with E-state index in [1.54, 1.807) is 0 Å². The molecule has 1 aromatic carbocycles. The van der Waals surface area contributed by atoms with E-state index in [0.29, 0.717) is 18.3 Å². The summed E-state index contributed by atoms with van der Waals surface area (Å²) in [5.41, 5.74) is -0.0620. The summed E-state index contributed by atoms with van der Waals surface area (Å²) in [5, 5.41) is 0. The first-order valence-corrected chi connectivity index (χ1v) is 7.95. The summed E-state index contributed by atoms with van der Waals surface area (Å²) in [7, 11) is 0. The number of ether oxygens (including phenoxy) is 2. The summed E-state index contributed by atoms with van der Waals surface area (Å²) in [4.78, 5) is 24.2. The molecular formula is C18H25FO4. The van der Waals surface area contributed by atoms with Gasteiger partial charge in [0, 0.05) is 0 Å². The summed E-state index contributed by atoms with van der Waals surface area (Å²) in [6.45, 7) is 8.54. The third-order valence-electron chi connectivity index (χ3n) is 3.28. The highest BCUT2D eigenvalue weighted by Gasteiger charge is 2.20. The van der Waals surface area contributed by atoms with Gasteiger partial charge in [-0.25, -0.2) is 14.0 Å². The van der Waals surface area contributed by atoms with Crippen molar-refractivity contribution in [3.8, 4) is 0 Å². The van der Waals surface area contributed by atoms with Gasteiger partial charge in [-0.3, -0.25) is 0 Å². The number of hydrogen-bond acceptors (Lipinski definition) is 4. The maximum absolute atomic E-state index is 13.4. The van der Waals surface area contributed by atoms with Crippen molar-refractivity contribution in [2.24, 2.45) is 11.8 Å². The zero-order chi connectivity index (χ0) is 17.4. The van der Waals surface area contributed by atoms with E-state index in [9.17, 15) is 14.0 Å². The lowest BCUT2D eigenvalue weighted by Crippen LogP contribution is -2.16. The Kier molecular flexibility index (Phi) is 7.72. The van der Waals surface area contributed by atoms with Gasteiger partial charge in [0.15, 0.2) is 0 Å². The molecule has 0 bridgehead atoms. The average molecular weight is 324 g/mol. The standard InChI is InChI=1S/C18H25FO4/c1-12(2)7-9-22-17(20)15-6-5-14(19)11-16(15)18(21)23-10-8-13(3)4/h5-6,11-13H,7-10H2,1-4H3. The minimum Gasteiger partial charge on any atom is -0.462 e. The van der Waals surface area contributed by atoms with Gasteiger partial charge in [0.05, 0.1) is 24.3 Å². The predicted molar refractivity (Wildman–Crippen MR) is 85.9 cm³/mol. The largest absolute Gasteiger partial charge is 0.462 e. The Balaban J connectivity index is 2.79. The van der Waals surface area contributed by atoms with Crippen molar-refractivity contribution in [3.05, 3.63) is 35.1 Å². The van der Waals surface area contributed by atoms with Crippen LogP contribution in [-0.2, 0) is 9.47 Å². The van der Waals surface area contributed by atoms with Crippen LogP contribution in [0.15, 0.2) is 18.2 Å². The first kappa shape index (κ1) is 19.1. The molecule has 0 amide bonds. The van der Waals surface area contributed by atoms with Crippen molar-refractivity contribution >= 4 is 11.9 Å². The summed E-state index contributed by atoms with van der Waals surface area (Å²) < 4.78 is 23.7. The normalized spacial score (nSPS) is 10.9. The van der Waals surface area contributed by atoms with Gasteiger partial charge >= 0.3 is 11.9 Å². The fraction of sp³-hybridized carbons (Fsp3) is 0.556. The number of carbonyl (C=O) groups excluding carboxylic acids is 2. The Bertz CT molecular complexity index is 538. The minimum atomic E-state index is -0.707. The van der Waals surface area contributed by atoms with Crippen molar-refractivity contribution in [1.29, 1.82) is 0 Å². The van der Waals surface area contributed by atoms with Gasteiger partial charge in [0.2, 0.25) is 0 Å². The summed E-state index contributed by atoms with van der Waals surface area (Å²) in [6.07, 6.45) is 1.43. The molecular weight excluding hydrogens is 299 g/mol. The van der Waals surface area contributed by atoms with Gasteiger partial charge in [0.25, 0.3) is 0 Å². The zero-order valence-corrected chi connectivity index (χ0v) is 14.2. The number of halogens is 1. The molecule has 0 radical (unpaired) electrons. The molecule has 1 rings (SSSR count). The predicted octanol–water partition coefficient (Wildman–Crippen LogP) is 4.23. The molecule has 0 saturated carbocycles. The molecule has 0 saturated heterocycles. The molecule has 0 N–H and O–H groups in total. The summed E-state index contributed by atoms with van der Waals surface area (Å²) in [5.74, 6) is -1.16. The second kappa shape index (κ2) is 9.28. The topological polar surface area (TPSA) is 52.6 Å². The molecule has 0 spiro atoms. The molecule has 0 unspecified atom stereocenters. The number of rotatable bonds is 8. The molecule has 5 heteroatoms. The highest BCUT2D eigenvalue weighted by molar-refractivity contribution is 6.03. The van der Waals surface area contributed by atoms with Crippen LogP contribution in [0.5, 0.6) is 0 Å². The van der Waals surface area contributed by atoms with E-state index in [-0.39, 0.29) is 24.3 Å². The van der Waals surface area contributed by atoms with Crippen molar-refractivity contribution < 1.29 is 23.5 Å². The van der Waals surface area contributed by atoms with Crippen molar-refractivity contribution in [2.45, 2.75) is 40.5 Å². The monoisotopic (exact) mass is 324 g/mol. The van der Waals surface area contributed by atoms with Crippen LogP contribution in [0.25, 0.3) is 0 Å². The molecule has 128 valence electrons. The molecule has 23 heavy (non-hydrogen) atoms. The van der Waals surface area contributed by atoms with Crippen LogP contribution in [-0.4, -0.2) is 25.2 Å². The highest BCUT2D eigenvalue weighted by atomic mass is 19.1. The fourth-order valence-corrected chi connectivity index (χ4v) is 1.79. The van der Waals surface area contributed by atoms with E-state index < -0.39 is 17.8 Å². The summed E-state index contributed by atoms with van der Waals surface area (Å²) >= 11 is 0. The molecule has 0 heterocycles. The maximum atomic E-state index is 13.4. The Morgan fingerprint density at radius 3 is 1.87 bits per heavy atom. The highest BCUT2D eigenvalue weighted by Crippen LogP contribution is 2.15. The van der Waals surface area contributed by atoms with Crippen LogP contribution >= 0.6 is 0 Å². The molecule has 0 aliphatic heterocycles. The lowest BCUT2D eigenvalue weighted by Gasteiger charge is -2.11. The van der Waals surface area contributed by atoms with Crippen LogP contribution in [0.4, 0.5) is 4.39 Å². The average Bonchev–Trinajstić information content (AvgIpc) is 2.46. The minimum absolute atomic E-state index is 0.0321. The van der Waals surface area contributed by atoms with E-state index >= 15 is 0 Å². The number of hydrogen-bond donors (Lipinski definition) is 0. The molecule has 4 nitrogen and oxygen atoms in total. The molecule has 0 aliphatic carbocycles. The van der Waals surface area contributed by atoms with Crippen LogP contribution in [0, 0.1) is 17.7 Å². The van der Waals surface area contributed by atoms with Gasteiger partial charge in [-0.2, -0.15) is 0 Å². The van der Waals surface area contributed by atoms with Crippen LogP contribution < -0.4 is 0 Å². The summed E-state index contributed by atoms with van der Waals surface area (Å²) in [6, 6.07) is 3.40. The zero-order valence-electron chi connectivity index (χ0n) is 14.2. The molecule has 0 fully saturated rings. The lowest BCUT2D eigenvalue weighted by atomic mass is 10.1. The van der Waals surface area contributed by atoms with Gasteiger partial charge < -0.3 is 9.47 Å².